The second-order valence-electron chi connectivity index (χ2n) is 6.50. The van der Waals surface area contributed by atoms with Crippen LogP contribution in [0.3, 0.4) is 0 Å². The van der Waals surface area contributed by atoms with Gasteiger partial charge in [-0.25, -0.2) is 0 Å². The first-order valence-corrected chi connectivity index (χ1v) is 9.11. The van der Waals surface area contributed by atoms with Crippen LogP contribution in [0.1, 0.15) is 88.5 Å². The first kappa shape index (κ1) is 16.3. The number of hydrogen-bond acceptors (Lipinski definition) is 0. The Morgan fingerprint density at radius 3 is 2.05 bits per heavy atom. The standard InChI is InChI=1S/C21H32/c1-5-9-16-13-14-18-15-17(10-6-2)20(12-8-4)21(18)19(16)11-7-3/h13-14H,5-12,15H2,1-4H3. The van der Waals surface area contributed by atoms with E-state index in [1.807, 2.05) is 0 Å². The van der Waals surface area contributed by atoms with Crippen molar-refractivity contribution in [2.75, 3.05) is 0 Å². The lowest BCUT2D eigenvalue weighted by atomic mass is 9.88. The Hall–Kier alpha value is -1.04. The van der Waals surface area contributed by atoms with Crippen LogP contribution in [0.25, 0.3) is 5.57 Å². The van der Waals surface area contributed by atoms with Gasteiger partial charge in [0.2, 0.25) is 0 Å². The monoisotopic (exact) mass is 284 g/mol. The van der Waals surface area contributed by atoms with E-state index in [0.717, 1.165) is 0 Å². The lowest BCUT2D eigenvalue weighted by molar-refractivity contribution is 0.854. The van der Waals surface area contributed by atoms with Gasteiger partial charge in [0.15, 0.2) is 0 Å². The molecule has 1 aliphatic carbocycles. The fraction of sp³-hybridized carbons (Fsp3) is 0.619. The van der Waals surface area contributed by atoms with Crippen molar-refractivity contribution in [3.05, 3.63) is 40.0 Å². The van der Waals surface area contributed by atoms with Gasteiger partial charge in [-0.15, -0.1) is 0 Å². The van der Waals surface area contributed by atoms with E-state index in [1.54, 1.807) is 33.4 Å². The van der Waals surface area contributed by atoms with Crippen molar-refractivity contribution in [2.45, 2.75) is 85.5 Å². The first-order valence-electron chi connectivity index (χ1n) is 9.11. The molecule has 0 unspecified atom stereocenters. The molecule has 0 saturated heterocycles. The number of fused-ring (bicyclic) bond motifs is 1. The number of hydrogen-bond donors (Lipinski definition) is 0. The van der Waals surface area contributed by atoms with Crippen molar-refractivity contribution in [3.63, 3.8) is 0 Å². The molecule has 0 nitrogen and oxygen atoms in total. The zero-order chi connectivity index (χ0) is 15.2. The number of benzene rings is 1. The average molecular weight is 284 g/mol. The van der Waals surface area contributed by atoms with Crippen LogP contribution in [0.2, 0.25) is 0 Å². The maximum atomic E-state index is 2.43. The summed E-state index contributed by atoms with van der Waals surface area (Å²) in [5.41, 5.74) is 10.0. The third-order valence-corrected chi connectivity index (χ3v) is 4.70. The molecule has 0 aliphatic heterocycles. The lowest BCUT2D eigenvalue weighted by Gasteiger charge is -2.17. The van der Waals surface area contributed by atoms with Crippen LogP contribution < -0.4 is 0 Å². The molecule has 116 valence electrons. The second-order valence-corrected chi connectivity index (χ2v) is 6.50. The zero-order valence-corrected chi connectivity index (χ0v) is 14.5. The Morgan fingerprint density at radius 2 is 1.43 bits per heavy atom. The topological polar surface area (TPSA) is 0 Å². The summed E-state index contributed by atoms with van der Waals surface area (Å²) >= 11 is 0. The minimum atomic E-state index is 1.22. The largest absolute Gasteiger partial charge is 0.0651 e. The molecule has 1 aromatic carbocycles. The van der Waals surface area contributed by atoms with Gasteiger partial charge in [0.25, 0.3) is 0 Å². The van der Waals surface area contributed by atoms with E-state index in [-0.39, 0.29) is 0 Å². The van der Waals surface area contributed by atoms with Gasteiger partial charge in [-0.2, -0.15) is 0 Å². The van der Waals surface area contributed by atoms with E-state index in [1.165, 1.54) is 57.8 Å². The van der Waals surface area contributed by atoms with Gasteiger partial charge in [0.1, 0.15) is 0 Å². The molecule has 0 fully saturated rings. The molecule has 0 atom stereocenters. The highest BCUT2D eigenvalue weighted by atomic mass is 14.3. The van der Waals surface area contributed by atoms with Crippen LogP contribution in [-0.2, 0) is 19.3 Å². The van der Waals surface area contributed by atoms with Gasteiger partial charge < -0.3 is 0 Å². The van der Waals surface area contributed by atoms with Crippen LogP contribution in [0.4, 0.5) is 0 Å². The maximum absolute atomic E-state index is 2.43. The Labute approximate surface area is 131 Å². The van der Waals surface area contributed by atoms with Gasteiger partial charge in [-0.1, -0.05) is 71.1 Å². The van der Waals surface area contributed by atoms with E-state index in [9.17, 15) is 0 Å². The van der Waals surface area contributed by atoms with E-state index < -0.39 is 0 Å². The summed E-state index contributed by atoms with van der Waals surface area (Å²) in [6, 6.07) is 4.85. The molecular weight excluding hydrogens is 252 g/mol. The van der Waals surface area contributed by atoms with Crippen molar-refractivity contribution in [1.82, 2.24) is 0 Å². The highest BCUT2D eigenvalue weighted by Gasteiger charge is 2.24. The molecule has 1 aliphatic rings. The minimum absolute atomic E-state index is 1.22. The van der Waals surface area contributed by atoms with Crippen LogP contribution >= 0.6 is 0 Å². The molecular formula is C21H32. The number of allylic oxidation sites excluding steroid dienone is 2. The minimum Gasteiger partial charge on any atom is -0.0651 e. The highest BCUT2D eigenvalue weighted by Crippen LogP contribution is 2.41. The fourth-order valence-electron chi connectivity index (χ4n) is 3.91. The maximum Gasteiger partial charge on any atom is -0.00549 e. The van der Waals surface area contributed by atoms with E-state index in [0.29, 0.717) is 0 Å². The third-order valence-electron chi connectivity index (χ3n) is 4.70. The molecule has 0 heterocycles. The lowest BCUT2D eigenvalue weighted by Crippen LogP contribution is -2.01. The van der Waals surface area contributed by atoms with Crippen molar-refractivity contribution < 1.29 is 0 Å². The molecule has 0 bridgehead atoms. The van der Waals surface area contributed by atoms with Crippen molar-refractivity contribution in [1.29, 1.82) is 0 Å². The van der Waals surface area contributed by atoms with E-state index >= 15 is 0 Å². The summed E-state index contributed by atoms with van der Waals surface area (Å²) in [7, 11) is 0. The molecule has 0 saturated carbocycles. The first-order chi connectivity index (χ1) is 10.3. The highest BCUT2D eigenvalue weighted by molar-refractivity contribution is 5.79. The van der Waals surface area contributed by atoms with Gasteiger partial charge in [0.05, 0.1) is 0 Å². The van der Waals surface area contributed by atoms with Crippen LogP contribution in [0.5, 0.6) is 0 Å². The molecule has 1 aromatic rings. The molecule has 0 aromatic heterocycles. The van der Waals surface area contributed by atoms with Crippen LogP contribution in [-0.4, -0.2) is 0 Å². The van der Waals surface area contributed by atoms with Crippen LogP contribution in [0, 0.1) is 0 Å². The molecule has 0 heteroatoms. The van der Waals surface area contributed by atoms with Gasteiger partial charge in [0, 0.05) is 0 Å². The van der Waals surface area contributed by atoms with Gasteiger partial charge in [-0.3, -0.25) is 0 Å². The smallest absolute Gasteiger partial charge is 0.00549 e. The molecule has 0 N–H and O–H groups in total. The van der Waals surface area contributed by atoms with Gasteiger partial charge >= 0.3 is 0 Å². The zero-order valence-electron chi connectivity index (χ0n) is 14.5. The van der Waals surface area contributed by atoms with Crippen molar-refractivity contribution in [2.24, 2.45) is 0 Å². The Bertz CT molecular complexity index is 505. The number of rotatable bonds is 8. The molecule has 0 spiro atoms. The Kier molecular flexibility index (Phi) is 6.08. The summed E-state index contributed by atoms with van der Waals surface area (Å²) in [6.07, 6.45) is 11.3. The third kappa shape index (κ3) is 3.42. The summed E-state index contributed by atoms with van der Waals surface area (Å²) in [4.78, 5) is 0. The fourth-order valence-corrected chi connectivity index (χ4v) is 3.91. The van der Waals surface area contributed by atoms with Gasteiger partial charge in [-0.05, 0) is 59.9 Å². The summed E-state index contributed by atoms with van der Waals surface area (Å²) in [5.74, 6) is 0. The number of aryl methyl sites for hydroxylation is 1. The normalized spacial score (nSPS) is 13.9. The molecule has 0 radical (unpaired) electrons. The van der Waals surface area contributed by atoms with E-state index in [2.05, 4.69) is 39.8 Å². The Balaban J connectivity index is 2.51. The van der Waals surface area contributed by atoms with E-state index in [4.69, 9.17) is 0 Å². The molecule has 0 amide bonds. The molecule has 21 heavy (non-hydrogen) atoms. The predicted molar refractivity (Wildman–Crippen MR) is 94.9 cm³/mol. The summed E-state index contributed by atoms with van der Waals surface area (Å²) < 4.78 is 0. The quantitative estimate of drug-likeness (QED) is 0.511. The molecule has 2 rings (SSSR count). The summed E-state index contributed by atoms with van der Waals surface area (Å²) in [6.45, 7) is 9.26. The summed E-state index contributed by atoms with van der Waals surface area (Å²) in [5, 5.41) is 0. The second kappa shape index (κ2) is 7.82. The van der Waals surface area contributed by atoms with Crippen molar-refractivity contribution in [3.8, 4) is 0 Å². The average Bonchev–Trinajstić information content (AvgIpc) is 2.81. The SMILES string of the molecule is CCCC1=C(CCC)c2c(ccc(CCC)c2CCC)C1. The predicted octanol–water partition coefficient (Wildman–Crippen LogP) is 6.50. The van der Waals surface area contributed by atoms with Crippen molar-refractivity contribution >= 4 is 5.57 Å². The van der Waals surface area contributed by atoms with Crippen LogP contribution in [0.15, 0.2) is 17.7 Å². The Morgan fingerprint density at radius 1 is 0.762 bits per heavy atom.